The van der Waals surface area contributed by atoms with Gasteiger partial charge < -0.3 is 10.1 Å². The fourth-order valence-electron chi connectivity index (χ4n) is 3.40. The molecule has 1 aliphatic rings. The first-order chi connectivity index (χ1) is 15.9. The van der Waals surface area contributed by atoms with Crippen molar-refractivity contribution >= 4 is 41.0 Å². The van der Waals surface area contributed by atoms with Crippen molar-refractivity contribution < 1.29 is 23.9 Å². The van der Waals surface area contributed by atoms with Crippen LogP contribution in [0.25, 0.3) is 0 Å². The lowest BCUT2D eigenvalue weighted by Crippen LogP contribution is -2.43. The molecule has 34 heavy (non-hydrogen) atoms. The van der Waals surface area contributed by atoms with Crippen LogP contribution in [0.15, 0.2) is 42.5 Å². The van der Waals surface area contributed by atoms with Crippen molar-refractivity contribution in [1.29, 1.82) is 0 Å². The zero-order valence-electron chi connectivity index (χ0n) is 19.6. The van der Waals surface area contributed by atoms with Crippen LogP contribution in [0.1, 0.15) is 48.7 Å². The smallest absolute Gasteiger partial charge is 0.311 e. The summed E-state index contributed by atoms with van der Waals surface area (Å²) in [6.07, 6.45) is -0.114. The Labute approximate surface area is 203 Å². The van der Waals surface area contributed by atoms with Crippen molar-refractivity contribution in [1.82, 2.24) is 10.4 Å². The Morgan fingerprint density at radius 2 is 1.79 bits per heavy atom. The Morgan fingerprint density at radius 1 is 1.12 bits per heavy atom. The van der Waals surface area contributed by atoms with Crippen LogP contribution in [0.3, 0.4) is 0 Å². The number of amides is 3. The largest absolute Gasteiger partial charge is 0.455 e. The number of aryl methyl sites for hydroxylation is 1. The van der Waals surface area contributed by atoms with Crippen LogP contribution >= 0.6 is 11.6 Å². The van der Waals surface area contributed by atoms with E-state index in [0.717, 1.165) is 16.1 Å². The predicted octanol–water partition coefficient (Wildman–Crippen LogP) is 3.62. The number of carbonyl (C=O) groups excluding carboxylic acids is 4. The fraction of sp³-hybridized carbons (Fsp3) is 0.360. The average Bonchev–Trinajstić information content (AvgIpc) is 3.14. The van der Waals surface area contributed by atoms with Crippen LogP contribution in [-0.2, 0) is 24.5 Å². The minimum absolute atomic E-state index is 0.0291. The van der Waals surface area contributed by atoms with Crippen LogP contribution in [0.2, 0.25) is 5.02 Å². The second kappa shape index (κ2) is 10.3. The molecule has 180 valence electrons. The van der Waals surface area contributed by atoms with E-state index in [-0.39, 0.29) is 18.4 Å². The van der Waals surface area contributed by atoms with Crippen molar-refractivity contribution in [2.75, 3.05) is 18.5 Å². The van der Waals surface area contributed by atoms with Gasteiger partial charge in [-0.2, -0.15) is 0 Å². The third kappa shape index (κ3) is 6.35. The van der Waals surface area contributed by atoms with Crippen LogP contribution in [-0.4, -0.2) is 41.9 Å². The number of benzene rings is 2. The molecule has 2 N–H and O–H groups in total. The molecule has 1 heterocycles. The number of ether oxygens (including phenoxy) is 1. The molecular formula is C25H28ClN3O5. The molecule has 0 bridgehead atoms. The number of halogens is 1. The van der Waals surface area contributed by atoms with Gasteiger partial charge in [0.15, 0.2) is 6.61 Å². The first kappa shape index (κ1) is 25.2. The van der Waals surface area contributed by atoms with E-state index in [4.69, 9.17) is 16.3 Å². The maximum atomic E-state index is 12.5. The summed E-state index contributed by atoms with van der Waals surface area (Å²) in [6.45, 7) is 7.54. The molecule has 1 fully saturated rings. The van der Waals surface area contributed by atoms with Crippen molar-refractivity contribution in [3.05, 3.63) is 64.2 Å². The van der Waals surface area contributed by atoms with Crippen molar-refractivity contribution in [3.8, 4) is 0 Å². The lowest BCUT2D eigenvalue weighted by Gasteiger charge is -2.20. The highest BCUT2D eigenvalue weighted by molar-refractivity contribution is 6.31. The lowest BCUT2D eigenvalue weighted by atomic mass is 9.87. The normalized spacial score (nSPS) is 15.7. The highest BCUT2D eigenvalue weighted by Crippen LogP contribution is 2.23. The maximum absolute atomic E-state index is 12.5. The Kier molecular flexibility index (Phi) is 7.61. The van der Waals surface area contributed by atoms with Crippen LogP contribution in [0, 0.1) is 12.8 Å². The minimum atomic E-state index is -0.780. The summed E-state index contributed by atoms with van der Waals surface area (Å²) in [7, 11) is 0. The highest BCUT2D eigenvalue weighted by Gasteiger charge is 2.36. The number of anilines is 1. The number of carbonyl (C=O) groups is 4. The van der Waals surface area contributed by atoms with Gasteiger partial charge in [-0.25, -0.2) is 0 Å². The van der Waals surface area contributed by atoms with E-state index in [1.807, 2.05) is 19.1 Å². The van der Waals surface area contributed by atoms with Gasteiger partial charge in [-0.1, -0.05) is 50.6 Å². The van der Waals surface area contributed by atoms with Gasteiger partial charge in [0.05, 0.1) is 12.5 Å². The Balaban J connectivity index is 1.49. The molecule has 2 aromatic rings. The van der Waals surface area contributed by atoms with Gasteiger partial charge in [0.1, 0.15) is 0 Å². The minimum Gasteiger partial charge on any atom is -0.455 e. The van der Waals surface area contributed by atoms with Gasteiger partial charge in [0.2, 0.25) is 5.91 Å². The number of rotatable bonds is 6. The number of esters is 1. The first-order valence-electron chi connectivity index (χ1n) is 10.9. The van der Waals surface area contributed by atoms with E-state index >= 15 is 0 Å². The van der Waals surface area contributed by atoms with E-state index in [0.29, 0.717) is 16.3 Å². The molecule has 0 spiro atoms. The SMILES string of the molecule is Cc1ccc(NC(=O)COC(=O)[C@@H]2CC(=O)N(NC(=O)c3ccc(C(C)(C)C)cc3)C2)cc1Cl. The van der Waals surface area contributed by atoms with Gasteiger partial charge in [-0.3, -0.25) is 29.6 Å². The molecule has 2 aromatic carbocycles. The molecule has 9 heteroatoms. The Hall–Kier alpha value is -3.39. The molecule has 0 unspecified atom stereocenters. The molecule has 1 saturated heterocycles. The molecule has 0 radical (unpaired) electrons. The Bertz CT molecular complexity index is 1110. The van der Waals surface area contributed by atoms with Crippen molar-refractivity contribution in [3.63, 3.8) is 0 Å². The Morgan fingerprint density at radius 3 is 2.41 bits per heavy atom. The summed E-state index contributed by atoms with van der Waals surface area (Å²) < 4.78 is 5.07. The molecule has 0 aromatic heterocycles. The molecule has 3 rings (SSSR count). The molecule has 0 saturated carbocycles. The number of hydrazine groups is 1. The highest BCUT2D eigenvalue weighted by atomic mass is 35.5. The average molecular weight is 486 g/mol. The topological polar surface area (TPSA) is 105 Å². The van der Waals surface area contributed by atoms with E-state index in [1.165, 1.54) is 0 Å². The van der Waals surface area contributed by atoms with Gasteiger partial charge in [-0.05, 0) is 47.7 Å². The van der Waals surface area contributed by atoms with E-state index in [1.54, 1.807) is 30.3 Å². The fourth-order valence-corrected chi connectivity index (χ4v) is 3.59. The zero-order valence-corrected chi connectivity index (χ0v) is 20.4. The molecule has 8 nitrogen and oxygen atoms in total. The second-order valence-corrected chi connectivity index (χ2v) is 9.70. The van der Waals surface area contributed by atoms with Gasteiger partial charge in [0, 0.05) is 22.7 Å². The molecule has 0 aliphatic carbocycles. The standard InChI is InChI=1S/C25H28ClN3O5/c1-15-5-10-19(12-20(15)26)27-21(30)14-34-24(33)17-11-22(31)29(13-17)28-23(32)16-6-8-18(9-7-16)25(2,3)4/h5-10,12,17H,11,13-14H2,1-4H3,(H,27,30)(H,28,32)/t17-/m1/s1. The van der Waals surface area contributed by atoms with Crippen molar-refractivity contribution in [2.45, 2.75) is 39.5 Å². The summed E-state index contributed by atoms with van der Waals surface area (Å²) >= 11 is 6.03. The number of nitrogens with zero attached hydrogens (tertiary/aromatic N) is 1. The quantitative estimate of drug-likeness (QED) is 0.608. The second-order valence-electron chi connectivity index (χ2n) is 9.29. The zero-order chi connectivity index (χ0) is 25.0. The molecule has 1 aliphatic heterocycles. The summed E-state index contributed by atoms with van der Waals surface area (Å²) in [5.41, 5.74) is 5.34. The van der Waals surface area contributed by atoms with E-state index in [2.05, 4.69) is 31.5 Å². The van der Waals surface area contributed by atoms with Crippen LogP contribution in [0.5, 0.6) is 0 Å². The van der Waals surface area contributed by atoms with Crippen LogP contribution < -0.4 is 10.7 Å². The third-order valence-corrected chi connectivity index (χ3v) is 5.92. The van der Waals surface area contributed by atoms with Crippen LogP contribution in [0.4, 0.5) is 5.69 Å². The summed E-state index contributed by atoms with van der Waals surface area (Å²) in [5, 5.41) is 4.21. The predicted molar refractivity (Wildman–Crippen MR) is 128 cm³/mol. The van der Waals surface area contributed by atoms with Gasteiger partial charge in [0.25, 0.3) is 11.8 Å². The number of hydrogen-bond donors (Lipinski definition) is 2. The van der Waals surface area contributed by atoms with E-state index < -0.39 is 36.2 Å². The molecule has 1 atom stereocenters. The number of hydrogen-bond acceptors (Lipinski definition) is 5. The van der Waals surface area contributed by atoms with Gasteiger partial charge in [-0.15, -0.1) is 0 Å². The monoisotopic (exact) mass is 485 g/mol. The summed E-state index contributed by atoms with van der Waals surface area (Å²) in [6, 6.07) is 12.2. The number of nitrogens with one attached hydrogen (secondary N) is 2. The first-order valence-corrected chi connectivity index (χ1v) is 11.3. The molecule has 3 amide bonds. The maximum Gasteiger partial charge on any atom is 0.311 e. The molecular weight excluding hydrogens is 458 g/mol. The summed E-state index contributed by atoms with van der Waals surface area (Å²) in [5.74, 6) is -2.84. The third-order valence-electron chi connectivity index (χ3n) is 5.51. The van der Waals surface area contributed by atoms with Crippen molar-refractivity contribution in [2.24, 2.45) is 5.92 Å². The van der Waals surface area contributed by atoms with E-state index in [9.17, 15) is 19.2 Å². The summed E-state index contributed by atoms with van der Waals surface area (Å²) in [4.78, 5) is 49.3. The van der Waals surface area contributed by atoms with Gasteiger partial charge >= 0.3 is 5.97 Å². The lowest BCUT2D eigenvalue weighted by molar-refractivity contribution is -0.151.